The first-order chi connectivity index (χ1) is 17.4. The highest BCUT2D eigenvalue weighted by Crippen LogP contribution is 2.34. The van der Waals surface area contributed by atoms with Gasteiger partial charge in [-0.3, -0.25) is 38.9 Å². The largest absolute Gasteiger partial charge is 0.494 e. The van der Waals surface area contributed by atoms with Gasteiger partial charge < -0.3 is 4.74 Å². The SMILES string of the molecule is O=Cc1ccn(C2CCC(CCCOc3ccc4c(c3)C(=O)N(C3CCC(=O)NC3=O)C4=O)CC2)n1. The fourth-order valence-electron chi connectivity index (χ4n) is 5.42. The molecule has 1 aromatic carbocycles. The summed E-state index contributed by atoms with van der Waals surface area (Å²) in [7, 11) is 0. The molecule has 1 atom stereocenters. The van der Waals surface area contributed by atoms with E-state index in [0.29, 0.717) is 30.0 Å². The fourth-order valence-corrected chi connectivity index (χ4v) is 5.42. The summed E-state index contributed by atoms with van der Waals surface area (Å²) in [5, 5.41) is 6.50. The van der Waals surface area contributed by atoms with Crippen LogP contribution in [-0.2, 0) is 9.59 Å². The number of hydrogen-bond donors (Lipinski definition) is 1. The first-order valence-corrected chi connectivity index (χ1v) is 12.4. The number of aldehydes is 1. The number of carbonyl (C=O) groups is 5. The van der Waals surface area contributed by atoms with Crippen molar-refractivity contribution >= 4 is 29.9 Å². The predicted molar refractivity (Wildman–Crippen MR) is 126 cm³/mol. The van der Waals surface area contributed by atoms with E-state index in [2.05, 4.69) is 10.4 Å². The minimum absolute atomic E-state index is 0.0875. The normalized spacial score (nSPS) is 24.0. The molecule has 1 saturated carbocycles. The summed E-state index contributed by atoms with van der Waals surface area (Å²) in [6, 6.07) is 5.90. The maximum Gasteiger partial charge on any atom is 0.262 e. The van der Waals surface area contributed by atoms with Gasteiger partial charge in [-0.25, -0.2) is 0 Å². The van der Waals surface area contributed by atoms with Gasteiger partial charge in [-0.1, -0.05) is 0 Å². The molecule has 1 saturated heterocycles. The second-order valence-electron chi connectivity index (χ2n) is 9.66. The Kier molecular flexibility index (Phi) is 6.67. The van der Waals surface area contributed by atoms with Crippen molar-refractivity contribution in [2.75, 3.05) is 6.61 Å². The third kappa shape index (κ3) is 4.67. The van der Waals surface area contributed by atoms with Crippen LogP contribution in [0.1, 0.15) is 88.6 Å². The molecule has 0 spiro atoms. The van der Waals surface area contributed by atoms with E-state index < -0.39 is 29.7 Å². The summed E-state index contributed by atoms with van der Waals surface area (Å²) in [6.45, 7) is 0.500. The van der Waals surface area contributed by atoms with E-state index in [-0.39, 0.29) is 24.0 Å². The Balaban J connectivity index is 1.10. The van der Waals surface area contributed by atoms with Crippen molar-refractivity contribution in [1.82, 2.24) is 20.0 Å². The number of rotatable bonds is 8. The third-order valence-corrected chi connectivity index (χ3v) is 7.38. The molecular weight excluding hydrogens is 464 g/mol. The van der Waals surface area contributed by atoms with Gasteiger partial charge in [0.05, 0.1) is 23.8 Å². The number of nitrogens with one attached hydrogen (secondary N) is 1. The summed E-state index contributed by atoms with van der Waals surface area (Å²) in [6.07, 6.45) is 9.06. The van der Waals surface area contributed by atoms with Crippen molar-refractivity contribution < 1.29 is 28.7 Å². The molecule has 36 heavy (non-hydrogen) atoms. The molecule has 1 aromatic heterocycles. The molecule has 3 aliphatic rings. The van der Waals surface area contributed by atoms with Gasteiger partial charge in [0.15, 0.2) is 6.29 Å². The Morgan fingerprint density at radius 3 is 2.50 bits per heavy atom. The van der Waals surface area contributed by atoms with Crippen LogP contribution in [-0.4, -0.2) is 57.2 Å². The first kappa shape index (κ1) is 23.9. The number of nitrogens with zero attached hydrogens (tertiary/aromatic N) is 3. The summed E-state index contributed by atoms with van der Waals surface area (Å²) in [5.74, 6) is -0.960. The second kappa shape index (κ2) is 10.0. The average Bonchev–Trinajstić information content (AvgIpc) is 3.46. The molecule has 1 aliphatic carbocycles. The third-order valence-electron chi connectivity index (χ3n) is 7.38. The van der Waals surface area contributed by atoms with Gasteiger partial charge in [-0.05, 0) is 75.1 Å². The van der Waals surface area contributed by atoms with Gasteiger partial charge in [0, 0.05) is 12.6 Å². The van der Waals surface area contributed by atoms with Crippen LogP contribution in [0.3, 0.4) is 0 Å². The van der Waals surface area contributed by atoms with Crippen molar-refractivity contribution in [2.24, 2.45) is 5.92 Å². The Labute approximate surface area is 208 Å². The molecule has 1 N–H and O–H groups in total. The van der Waals surface area contributed by atoms with E-state index in [1.807, 2.05) is 10.9 Å². The van der Waals surface area contributed by atoms with Gasteiger partial charge in [0.2, 0.25) is 11.8 Å². The van der Waals surface area contributed by atoms with Crippen LogP contribution >= 0.6 is 0 Å². The van der Waals surface area contributed by atoms with Gasteiger partial charge >= 0.3 is 0 Å². The molecule has 0 radical (unpaired) electrons. The van der Waals surface area contributed by atoms with Crippen LogP contribution < -0.4 is 10.1 Å². The lowest BCUT2D eigenvalue weighted by atomic mass is 9.83. The number of ether oxygens (including phenoxy) is 1. The van der Waals surface area contributed by atoms with E-state index in [0.717, 1.165) is 49.7 Å². The van der Waals surface area contributed by atoms with Crippen LogP contribution in [0, 0.1) is 5.92 Å². The number of carbonyl (C=O) groups excluding carboxylic acids is 5. The fraction of sp³-hybridized carbons (Fsp3) is 0.462. The molecule has 10 nitrogen and oxygen atoms in total. The topological polar surface area (TPSA) is 128 Å². The van der Waals surface area contributed by atoms with E-state index in [1.165, 1.54) is 0 Å². The number of piperidine rings is 1. The highest BCUT2D eigenvalue weighted by Gasteiger charge is 2.44. The minimum Gasteiger partial charge on any atom is -0.494 e. The Bertz CT molecular complexity index is 1210. The molecule has 1 unspecified atom stereocenters. The molecule has 3 heterocycles. The zero-order chi connectivity index (χ0) is 25.2. The first-order valence-electron chi connectivity index (χ1n) is 12.4. The van der Waals surface area contributed by atoms with Gasteiger partial charge in [-0.2, -0.15) is 5.10 Å². The molecule has 10 heteroatoms. The number of aromatic nitrogens is 2. The van der Waals surface area contributed by atoms with Gasteiger partial charge in [-0.15, -0.1) is 0 Å². The number of imide groups is 2. The molecular formula is C26H28N4O6. The molecule has 4 amide bonds. The molecule has 2 aliphatic heterocycles. The van der Waals surface area contributed by atoms with Crippen molar-refractivity contribution in [3.63, 3.8) is 0 Å². The van der Waals surface area contributed by atoms with Gasteiger partial charge in [0.1, 0.15) is 17.5 Å². The lowest BCUT2D eigenvalue weighted by Crippen LogP contribution is -2.54. The molecule has 2 aromatic rings. The summed E-state index contributed by atoms with van der Waals surface area (Å²) < 4.78 is 7.78. The average molecular weight is 493 g/mol. The predicted octanol–water partition coefficient (Wildman–Crippen LogP) is 2.69. The Hall–Kier alpha value is -3.82. The molecule has 0 bridgehead atoms. The number of amides is 4. The summed E-state index contributed by atoms with van der Waals surface area (Å²) >= 11 is 0. The second-order valence-corrected chi connectivity index (χ2v) is 9.66. The molecule has 5 rings (SSSR count). The highest BCUT2D eigenvalue weighted by molar-refractivity contribution is 6.23. The van der Waals surface area contributed by atoms with Crippen LogP contribution in [0.15, 0.2) is 30.5 Å². The van der Waals surface area contributed by atoms with Crippen LogP contribution in [0.5, 0.6) is 5.75 Å². The standard InChI is InChI=1S/C26H28N4O6/c31-15-17-11-12-29(28-17)18-5-3-16(4-6-18)2-1-13-36-19-7-8-20-21(14-19)26(35)30(25(20)34)22-9-10-23(32)27-24(22)33/h7-8,11-12,14-16,18,22H,1-6,9-10,13H2,(H,27,32,33). The zero-order valence-corrected chi connectivity index (χ0v) is 19.9. The van der Waals surface area contributed by atoms with Crippen LogP contribution in [0.2, 0.25) is 0 Å². The Morgan fingerprint density at radius 2 is 1.78 bits per heavy atom. The van der Waals surface area contributed by atoms with E-state index in [4.69, 9.17) is 4.74 Å². The Morgan fingerprint density at radius 1 is 1.00 bits per heavy atom. The van der Waals surface area contributed by atoms with Gasteiger partial charge in [0.25, 0.3) is 11.8 Å². The van der Waals surface area contributed by atoms with Crippen molar-refractivity contribution in [1.29, 1.82) is 0 Å². The summed E-state index contributed by atoms with van der Waals surface area (Å²) in [5.41, 5.74) is 0.929. The summed E-state index contributed by atoms with van der Waals surface area (Å²) in [4.78, 5) is 61.1. The van der Waals surface area contributed by atoms with Crippen molar-refractivity contribution in [3.8, 4) is 5.75 Å². The molecule has 2 fully saturated rings. The van der Waals surface area contributed by atoms with Crippen molar-refractivity contribution in [3.05, 3.63) is 47.3 Å². The van der Waals surface area contributed by atoms with Crippen molar-refractivity contribution in [2.45, 2.75) is 63.5 Å². The monoisotopic (exact) mass is 492 g/mol. The number of hydrogen-bond acceptors (Lipinski definition) is 7. The minimum atomic E-state index is -0.977. The zero-order valence-electron chi connectivity index (χ0n) is 19.9. The molecule has 188 valence electrons. The van der Waals surface area contributed by atoms with E-state index in [1.54, 1.807) is 24.3 Å². The van der Waals surface area contributed by atoms with E-state index >= 15 is 0 Å². The van der Waals surface area contributed by atoms with E-state index in [9.17, 15) is 24.0 Å². The lowest BCUT2D eigenvalue weighted by molar-refractivity contribution is -0.136. The quantitative estimate of drug-likeness (QED) is 0.341. The number of fused-ring (bicyclic) bond motifs is 1. The lowest BCUT2D eigenvalue weighted by Gasteiger charge is -2.28. The van der Waals surface area contributed by atoms with Crippen LogP contribution in [0.25, 0.3) is 0 Å². The van der Waals surface area contributed by atoms with Crippen LogP contribution in [0.4, 0.5) is 0 Å². The maximum absolute atomic E-state index is 12.9. The maximum atomic E-state index is 12.9. The number of benzene rings is 1. The highest BCUT2D eigenvalue weighted by atomic mass is 16.5. The smallest absolute Gasteiger partial charge is 0.262 e.